The Hall–Kier alpha value is -2.67. The Balaban J connectivity index is 1.89. The molecule has 1 aromatic heterocycles. The molecule has 160 valence electrons. The highest BCUT2D eigenvalue weighted by Crippen LogP contribution is 2.25. The summed E-state index contributed by atoms with van der Waals surface area (Å²) in [4.78, 5) is 12.4. The maximum atomic E-state index is 11.7. The number of hydrogen-bond acceptors (Lipinski definition) is 8. The molecular formula is C18H21N5O5S2. The molecule has 0 atom stereocenters. The van der Waals surface area contributed by atoms with E-state index in [1.54, 1.807) is 12.1 Å². The zero-order chi connectivity index (χ0) is 21.9. The van der Waals surface area contributed by atoms with Gasteiger partial charge in [0.2, 0.25) is 16.0 Å². The van der Waals surface area contributed by atoms with Crippen LogP contribution in [0.5, 0.6) is 0 Å². The van der Waals surface area contributed by atoms with Gasteiger partial charge in [-0.25, -0.2) is 18.1 Å². The van der Waals surface area contributed by atoms with E-state index in [4.69, 9.17) is 5.73 Å². The van der Waals surface area contributed by atoms with Gasteiger partial charge < -0.3 is 5.73 Å². The molecule has 0 aliphatic rings. The largest absolute Gasteiger partial charge is 0.368 e. The predicted octanol–water partition coefficient (Wildman–Crippen LogP) is 0.926. The second-order valence-corrected chi connectivity index (χ2v) is 10.0. The van der Waals surface area contributed by atoms with E-state index in [-0.39, 0.29) is 23.8 Å². The highest BCUT2D eigenvalue weighted by molar-refractivity contribution is 7.88. The van der Waals surface area contributed by atoms with Crippen LogP contribution in [0.3, 0.4) is 0 Å². The van der Waals surface area contributed by atoms with E-state index in [1.807, 2.05) is 12.1 Å². The maximum Gasteiger partial charge on any atom is 0.294 e. The minimum absolute atomic E-state index is 0.0151. The number of benzene rings is 2. The second kappa shape index (κ2) is 8.60. The first-order valence-corrected chi connectivity index (χ1v) is 12.3. The summed E-state index contributed by atoms with van der Waals surface area (Å²) >= 11 is 0. The minimum Gasteiger partial charge on any atom is -0.368 e. The smallest absolute Gasteiger partial charge is 0.294 e. The van der Waals surface area contributed by atoms with Crippen LogP contribution in [0.25, 0.3) is 10.8 Å². The summed E-state index contributed by atoms with van der Waals surface area (Å²) in [6.45, 7) is 0.237. The van der Waals surface area contributed by atoms with Gasteiger partial charge in [-0.05, 0) is 34.9 Å². The highest BCUT2D eigenvalue weighted by atomic mass is 32.2. The number of rotatable bonds is 8. The molecule has 0 bridgehead atoms. The lowest BCUT2D eigenvalue weighted by Gasteiger charge is -2.10. The molecule has 0 aliphatic carbocycles. The summed E-state index contributed by atoms with van der Waals surface area (Å²) in [5.74, 6) is 0.760. The molecule has 0 fully saturated rings. The number of nitrogens with zero attached hydrogens (tertiary/aromatic N) is 3. The Kier molecular flexibility index (Phi) is 6.31. The summed E-state index contributed by atoms with van der Waals surface area (Å²) in [6.07, 6.45) is 2.10. The molecule has 3 aromatic rings. The first kappa shape index (κ1) is 22.0. The summed E-state index contributed by atoms with van der Waals surface area (Å²) in [5.41, 5.74) is 6.40. The predicted molar refractivity (Wildman–Crippen MR) is 112 cm³/mol. The molecule has 0 radical (unpaired) electrons. The number of nitrogens with one attached hydrogen (secondary N) is 1. The SMILES string of the molecule is CS(=O)(=O)NCCCc1nc(N)nc(Cc2cc(S(=O)(=O)O)cc3ccccc23)n1. The van der Waals surface area contributed by atoms with E-state index in [0.29, 0.717) is 35.4 Å². The molecular weight excluding hydrogens is 430 g/mol. The number of hydrogen-bond donors (Lipinski definition) is 3. The van der Waals surface area contributed by atoms with Crippen LogP contribution in [0.15, 0.2) is 41.3 Å². The monoisotopic (exact) mass is 451 g/mol. The molecule has 12 heteroatoms. The average molecular weight is 452 g/mol. The van der Waals surface area contributed by atoms with Crippen molar-refractivity contribution in [1.82, 2.24) is 19.7 Å². The van der Waals surface area contributed by atoms with Gasteiger partial charge in [-0.1, -0.05) is 24.3 Å². The van der Waals surface area contributed by atoms with E-state index in [9.17, 15) is 21.4 Å². The second-order valence-electron chi connectivity index (χ2n) is 6.75. The van der Waals surface area contributed by atoms with Gasteiger partial charge in [0.15, 0.2) is 0 Å². The molecule has 10 nitrogen and oxygen atoms in total. The van der Waals surface area contributed by atoms with Gasteiger partial charge in [0.1, 0.15) is 11.6 Å². The van der Waals surface area contributed by atoms with Gasteiger partial charge in [0.05, 0.1) is 11.2 Å². The summed E-state index contributed by atoms with van der Waals surface area (Å²) in [5, 5.41) is 1.44. The van der Waals surface area contributed by atoms with Crippen molar-refractivity contribution in [2.75, 3.05) is 18.5 Å². The first-order valence-electron chi connectivity index (χ1n) is 8.94. The Morgan fingerprint density at radius 1 is 1.03 bits per heavy atom. The molecule has 0 amide bonds. The van der Waals surface area contributed by atoms with E-state index >= 15 is 0 Å². The third-order valence-corrected chi connectivity index (χ3v) is 5.81. The summed E-state index contributed by atoms with van der Waals surface area (Å²) < 4.78 is 57.4. The van der Waals surface area contributed by atoms with Crippen LogP contribution in [-0.2, 0) is 33.0 Å². The van der Waals surface area contributed by atoms with Crippen molar-refractivity contribution in [3.8, 4) is 0 Å². The number of fused-ring (bicyclic) bond motifs is 1. The Bertz CT molecular complexity index is 1290. The van der Waals surface area contributed by atoms with E-state index < -0.39 is 20.1 Å². The Morgan fingerprint density at radius 2 is 1.73 bits per heavy atom. The number of anilines is 1. The third kappa shape index (κ3) is 5.92. The van der Waals surface area contributed by atoms with E-state index in [0.717, 1.165) is 11.6 Å². The fraction of sp³-hybridized carbons (Fsp3) is 0.278. The van der Waals surface area contributed by atoms with Gasteiger partial charge in [-0.15, -0.1) is 0 Å². The quantitative estimate of drug-likeness (QED) is 0.333. The van der Waals surface area contributed by atoms with Gasteiger partial charge in [0, 0.05) is 19.4 Å². The van der Waals surface area contributed by atoms with Crippen LogP contribution in [-0.4, -0.2) is 49.1 Å². The number of nitrogens with two attached hydrogens (primary N) is 1. The number of aromatic nitrogens is 3. The van der Waals surface area contributed by atoms with Gasteiger partial charge >= 0.3 is 0 Å². The zero-order valence-corrected chi connectivity index (χ0v) is 17.7. The average Bonchev–Trinajstić information content (AvgIpc) is 2.63. The topological polar surface area (TPSA) is 165 Å². The molecule has 0 spiro atoms. The molecule has 0 saturated carbocycles. The molecule has 0 aliphatic heterocycles. The number of sulfonamides is 1. The van der Waals surface area contributed by atoms with Crippen molar-refractivity contribution in [2.45, 2.75) is 24.2 Å². The van der Waals surface area contributed by atoms with Crippen molar-refractivity contribution in [3.05, 3.63) is 53.6 Å². The number of nitrogen functional groups attached to an aromatic ring is 1. The fourth-order valence-corrected chi connectivity index (χ4v) is 4.09. The van der Waals surface area contributed by atoms with Crippen LogP contribution in [0.4, 0.5) is 5.95 Å². The molecule has 0 saturated heterocycles. The minimum atomic E-state index is -4.39. The van der Waals surface area contributed by atoms with Gasteiger partial charge in [-0.2, -0.15) is 18.4 Å². The summed E-state index contributed by atoms with van der Waals surface area (Å²) in [7, 11) is -7.66. The number of aryl methyl sites for hydroxylation is 1. The molecule has 0 unspecified atom stereocenters. The van der Waals surface area contributed by atoms with Crippen LogP contribution >= 0.6 is 0 Å². The normalized spacial score (nSPS) is 12.3. The molecule has 30 heavy (non-hydrogen) atoms. The van der Waals surface area contributed by atoms with Crippen molar-refractivity contribution >= 4 is 36.9 Å². The molecule has 2 aromatic carbocycles. The maximum absolute atomic E-state index is 11.7. The summed E-state index contributed by atoms with van der Waals surface area (Å²) in [6, 6.07) is 9.95. The van der Waals surface area contributed by atoms with Crippen molar-refractivity contribution < 1.29 is 21.4 Å². The lowest BCUT2D eigenvalue weighted by molar-refractivity contribution is 0.483. The van der Waals surface area contributed by atoms with E-state index in [1.165, 1.54) is 12.1 Å². The van der Waals surface area contributed by atoms with Crippen molar-refractivity contribution in [3.63, 3.8) is 0 Å². The van der Waals surface area contributed by atoms with Crippen LogP contribution < -0.4 is 10.5 Å². The van der Waals surface area contributed by atoms with Crippen LogP contribution in [0.2, 0.25) is 0 Å². The van der Waals surface area contributed by atoms with Crippen LogP contribution in [0.1, 0.15) is 23.6 Å². The zero-order valence-electron chi connectivity index (χ0n) is 16.1. The van der Waals surface area contributed by atoms with Gasteiger partial charge in [0.25, 0.3) is 10.1 Å². The highest BCUT2D eigenvalue weighted by Gasteiger charge is 2.15. The van der Waals surface area contributed by atoms with Gasteiger partial charge in [-0.3, -0.25) is 4.55 Å². The lowest BCUT2D eigenvalue weighted by atomic mass is 10.0. The van der Waals surface area contributed by atoms with E-state index in [2.05, 4.69) is 19.7 Å². The Labute approximate surface area is 174 Å². The first-order chi connectivity index (χ1) is 14.0. The molecule has 1 heterocycles. The van der Waals surface area contributed by atoms with Crippen molar-refractivity contribution in [1.29, 1.82) is 0 Å². The third-order valence-electron chi connectivity index (χ3n) is 4.25. The standard InChI is InChI=1S/C18H21N5O5S2/c1-29(24,25)20-8-4-7-16-21-17(23-18(19)22-16)11-13-10-14(30(26,27)28)9-12-5-2-3-6-15(12)13/h2-3,5-6,9-10,20H,4,7-8,11H2,1H3,(H,26,27,28)(H2,19,21,22,23). The Morgan fingerprint density at radius 3 is 2.43 bits per heavy atom. The lowest BCUT2D eigenvalue weighted by Crippen LogP contribution is -2.23. The van der Waals surface area contributed by atoms with Crippen molar-refractivity contribution in [2.24, 2.45) is 0 Å². The van der Waals surface area contributed by atoms with Crippen LogP contribution in [0, 0.1) is 0 Å². The fourth-order valence-electron chi connectivity index (χ4n) is 3.01. The molecule has 4 N–H and O–H groups in total. The molecule has 3 rings (SSSR count).